The predicted molar refractivity (Wildman–Crippen MR) is 92.3 cm³/mol. The Hall–Kier alpha value is -2.90. The summed E-state index contributed by atoms with van der Waals surface area (Å²) in [6.45, 7) is 5.47. The van der Waals surface area contributed by atoms with Gasteiger partial charge in [0.15, 0.2) is 5.82 Å². The maximum absolute atomic E-state index is 12.3. The van der Waals surface area contributed by atoms with E-state index in [0.29, 0.717) is 29.4 Å². The number of carbonyl (C=O) groups excluding carboxylic acids is 1. The van der Waals surface area contributed by atoms with Crippen molar-refractivity contribution in [2.45, 2.75) is 27.2 Å². The van der Waals surface area contributed by atoms with Crippen molar-refractivity contribution in [3.63, 3.8) is 0 Å². The molecule has 1 aromatic carbocycles. The van der Waals surface area contributed by atoms with E-state index in [9.17, 15) is 9.59 Å². The SMILES string of the molecule is CCc1noc(-c2ccc(C)c(NC(=O)N(C)CC(C)C(=O)O)c2)n1. The van der Waals surface area contributed by atoms with Crippen molar-refractivity contribution in [2.75, 3.05) is 18.9 Å². The fourth-order valence-electron chi connectivity index (χ4n) is 2.19. The van der Waals surface area contributed by atoms with Crippen molar-refractivity contribution in [3.8, 4) is 11.5 Å². The summed E-state index contributed by atoms with van der Waals surface area (Å²) in [6.07, 6.45) is 0.672. The number of nitrogens with one attached hydrogen (secondary N) is 1. The van der Waals surface area contributed by atoms with E-state index >= 15 is 0 Å². The van der Waals surface area contributed by atoms with Gasteiger partial charge in [-0.2, -0.15) is 4.98 Å². The maximum Gasteiger partial charge on any atom is 0.321 e. The molecule has 1 heterocycles. The lowest BCUT2D eigenvalue weighted by molar-refractivity contribution is -0.141. The van der Waals surface area contributed by atoms with Crippen LogP contribution < -0.4 is 5.32 Å². The summed E-state index contributed by atoms with van der Waals surface area (Å²) >= 11 is 0. The summed E-state index contributed by atoms with van der Waals surface area (Å²) in [5, 5.41) is 15.6. The van der Waals surface area contributed by atoms with Crippen LogP contribution in [0.1, 0.15) is 25.2 Å². The van der Waals surface area contributed by atoms with Gasteiger partial charge in [-0.15, -0.1) is 0 Å². The Balaban J connectivity index is 2.14. The van der Waals surface area contributed by atoms with E-state index in [-0.39, 0.29) is 12.6 Å². The second-order valence-corrected chi connectivity index (χ2v) is 5.95. The van der Waals surface area contributed by atoms with Gasteiger partial charge in [0, 0.05) is 31.3 Å². The molecular weight excluding hydrogens is 324 g/mol. The molecule has 0 aliphatic heterocycles. The molecule has 1 aromatic heterocycles. The standard InChI is InChI=1S/C17H22N4O4/c1-5-14-19-15(25-20-14)12-7-6-10(2)13(8-12)18-17(24)21(4)9-11(3)16(22)23/h6-8,11H,5,9H2,1-4H3,(H,18,24)(H,22,23). The minimum absolute atomic E-state index is 0.115. The molecule has 1 atom stereocenters. The molecule has 2 rings (SSSR count). The van der Waals surface area contributed by atoms with Gasteiger partial charge in [-0.05, 0) is 24.6 Å². The van der Waals surface area contributed by atoms with Crippen LogP contribution in [0, 0.1) is 12.8 Å². The fraction of sp³-hybridized carbons (Fsp3) is 0.412. The number of carboxylic acids is 1. The van der Waals surface area contributed by atoms with E-state index in [2.05, 4.69) is 15.5 Å². The van der Waals surface area contributed by atoms with Crippen LogP contribution in [-0.2, 0) is 11.2 Å². The minimum Gasteiger partial charge on any atom is -0.481 e. The smallest absolute Gasteiger partial charge is 0.321 e. The third kappa shape index (κ3) is 4.56. The molecule has 1 unspecified atom stereocenters. The summed E-state index contributed by atoms with van der Waals surface area (Å²) in [4.78, 5) is 28.8. The number of nitrogens with zero attached hydrogens (tertiary/aromatic N) is 3. The number of rotatable bonds is 6. The number of urea groups is 1. The maximum atomic E-state index is 12.3. The van der Waals surface area contributed by atoms with E-state index in [1.165, 1.54) is 4.90 Å². The first kappa shape index (κ1) is 18.4. The number of aliphatic carboxylic acids is 1. The van der Waals surface area contributed by atoms with Crippen molar-refractivity contribution < 1.29 is 19.2 Å². The van der Waals surface area contributed by atoms with Crippen molar-refractivity contribution >= 4 is 17.7 Å². The highest BCUT2D eigenvalue weighted by Gasteiger charge is 2.18. The first-order chi connectivity index (χ1) is 11.8. The van der Waals surface area contributed by atoms with Gasteiger partial charge in [0.25, 0.3) is 5.89 Å². The highest BCUT2D eigenvalue weighted by Crippen LogP contribution is 2.24. The Morgan fingerprint density at radius 2 is 2.12 bits per heavy atom. The zero-order valence-corrected chi connectivity index (χ0v) is 14.7. The average molecular weight is 346 g/mol. The van der Waals surface area contributed by atoms with E-state index in [1.807, 2.05) is 26.0 Å². The topological polar surface area (TPSA) is 109 Å². The minimum atomic E-state index is -0.944. The lowest BCUT2D eigenvalue weighted by Crippen LogP contribution is -2.36. The molecule has 0 fully saturated rings. The van der Waals surface area contributed by atoms with Crippen LogP contribution >= 0.6 is 0 Å². The first-order valence-electron chi connectivity index (χ1n) is 8.00. The Kier molecular flexibility index (Phi) is 5.74. The largest absolute Gasteiger partial charge is 0.481 e. The number of anilines is 1. The average Bonchev–Trinajstić information content (AvgIpc) is 3.05. The number of carboxylic acid groups (broad SMARTS) is 1. The summed E-state index contributed by atoms with van der Waals surface area (Å²) < 4.78 is 5.22. The third-order valence-corrected chi connectivity index (χ3v) is 3.83. The highest BCUT2D eigenvalue weighted by molar-refractivity contribution is 5.91. The molecular formula is C17H22N4O4. The molecule has 0 radical (unpaired) electrons. The Morgan fingerprint density at radius 1 is 1.40 bits per heavy atom. The van der Waals surface area contributed by atoms with E-state index in [0.717, 1.165) is 5.56 Å². The van der Waals surface area contributed by atoms with Gasteiger partial charge < -0.3 is 19.8 Å². The molecule has 0 saturated carbocycles. The highest BCUT2D eigenvalue weighted by atomic mass is 16.5. The number of benzene rings is 1. The van der Waals surface area contributed by atoms with Gasteiger partial charge in [-0.3, -0.25) is 4.79 Å². The van der Waals surface area contributed by atoms with E-state index in [1.54, 1.807) is 20.0 Å². The third-order valence-electron chi connectivity index (χ3n) is 3.83. The number of carbonyl (C=O) groups is 2. The van der Waals surface area contributed by atoms with Crippen LogP contribution in [-0.4, -0.2) is 45.7 Å². The van der Waals surface area contributed by atoms with E-state index < -0.39 is 11.9 Å². The second kappa shape index (κ2) is 7.78. The Bertz CT molecular complexity index is 772. The van der Waals surface area contributed by atoms with Gasteiger partial charge in [0.2, 0.25) is 0 Å². The Labute approximate surface area is 145 Å². The second-order valence-electron chi connectivity index (χ2n) is 5.95. The summed E-state index contributed by atoms with van der Waals surface area (Å²) in [5.74, 6) is -0.584. The molecule has 0 aliphatic carbocycles. The van der Waals surface area contributed by atoms with Crippen LogP contribution in [0.4, 0.5) is 10.5 Å². The quantitative estimate of drug-likeness (QED) is 0.832. The van der Waals surface area contributed by atoms with Gasteiger partial charge in [0.05, 0.1) is 5.92 Å². The first-order valence-corrected chi connectivity index (χ1v) is 8.00. The number of hydrogen-bond acceptors (Lipinski definition) is 5. The molecule has 0 bridgehead atoms. The molecule has 25 heavy (non-hydrogen) atoms. The fourth-order valence-corrected chi connectivity index (χ4v) is 2.19. The van der Waals surface area contributed by atoms with Gasteiger partial charge in [0.1, 0.15) is 0 Å². The summed E-state index contributed by atoms with van der Waals surface area (Å²) in [7, 11) is 1.56. The number of amides is 2. The molecule has 0 spiro atoms. The van der Waals surface area contributed by atoms with Crippen LogP contribution in [0.25, 0.3) is 11.5 Å². The van der Waals surface area contributed by atoms with Crippen LogP contribution in [0.5, 0.6) is 0 Å². The molecule has 0 aliphatic rings. The van der Waals surface area contributed by atoms with Crippen molar-refractivity contribution in [2.24, 2.45) is 5.92 Å². The summed E-state index contributed by atoms with van der Waals surface area (Å²) in [6, 6.07) is 5.07. The van der Waals surface area contributed by atoms with Crippen LogP contribution in [0.2, 0.25) is 0 Å². The molecule has 2 N–H and O–H groups in total. The van der Waals surface area contributed by atoms with Crippen molar-refractivity contribution in [3.05, 3.63) is 29.6 Å². The molecule has 134 valence electrons. The molecule has 8 nitrogen and oxygen atoms in total. The van der Waals surface area contributed by atoms with Gasteiger partial charge in [-0.25, -0.2) is 4.79 Å². The molecule has 2 amide bonds. The lowest BCUT2D eigenvalue weighted by Gasteiger charge is -2.20. The van der Waals surface area contributed by atoms with Crippen LogP contribution in [0.15, 0.2) is 22.7 Å². The normalized spacial score (nSPS) is 11.8. The molecule has 8 heteroatoms. The number of aryl methyl sites for hydroxylation is 2. The zero-order chi connectivity index (χ0) is 18.6. The zero-order valence-electron chi connectivity index (χ0n) is 14.7. The monoisotopic (exact) mass is 346 g/mol. The number of hydrogen-bond donors (Lipinski definition) is 2. The summed E-state index contributed by atoms with van der Waals surface area (Å²) in [5.41, 5.74) is 2.18. The van der Waals surface area contributed by atoms with Crippen molar-refractivity contribution in [1.82, 2.24) is 15.0 Å². The Morgan fingerprint density at radius 3 is 2.72 bits per heavy atom. The van der Waals surface area contributed by atoms with E-state index in [4.69, 9.17) is 9.63 Å². The molecule has 0 saturated heterocycles. The number of aromatic nitrogens is 2. The molecule has 2 aromatic rings. The van der Waals surface area contributed by atoms with Crippen molar-refractivity contribution in [1.29, 1.82) is 0 Å². The van der Waals surface area contributed by atoms with Gasteiger partial charge >= 0.3 is 12.0 Å². The lowest BCUT2D eigenvalue weighted by atomic mass is 10.1. The predicted octanol–water partition coefficient (Wildman–Crippen LogP) is 2.79. The van der Waals surface area contributed by atoms with Gasteiger partial charge in [-0.1, -0.05) is 25.1 Å². The van der Waals surface area contributed by atoms with Crippen LogP contribution in [0.3, 0.4) is 0 Å².